The topological polar surface area (TPSA) is 87.1 Å². The van der Waals surface area contributed by atoms with Crippen molar-refractivity contribution < 1.29 is 13.7 Å². The number of nitrogens with zero attached hydrogens (tertiary/aromatic N) is 4. The minimum atomic E-state index is 0.278. The molecule has 0 amide bonds. The highest BCUT2D eigenvalue weighted by molar-refractivity contribution is 7.08. The predicted molar refractivity (Wildman–Crippen MR) is 87.1 cm³/mol. The third kappa shape index (κ3) is 2.84. The lowest BCUT2D eigenvalue weighted by atomic mass is 10.1. The molecule has 120 valence electrons. The van der Waals surface area contributed by atoms with Gasteiger partial charge >= 0.3 is 0 Å². The zero-order valence-corrected chi connectivity index (χ0v) is 13.5. The van der Waals surface area contributed by atoms with Gasteiger partial charge in [-0.2, -0.15) is 16.3 Å². The standard InChI is InChI=1S/C16H12N4O3S/c1-21-8-13-18-19-16(22-13)11-4-2-3-10(7-11)15-17-14(20-23-15)12-5-6-24-9-12/h2-7,9H,8H2,1H3. The Balaban J connectivity index is 1.65. The van der Waals surface area contributed by atoms with Crippen molar-refractivity contribution in [3.8, 4) is 34.3 Å². The van der Waals surface area contributed by atoms with E-state index in [0.29, 0.717) is 23.5 Å². The molecule has 3 heterocycles. The van der Waals surface area contributed by atoms with Gasteiger partial charge in [-0.1, -0.05) is 11.2 Å². The summed E-state index contributed by atoms with van der Waals surface area (Å²) < 4.78 is 15.9. The molecule has 7 nitrogen and oxygen atoms in total. The number of methoxy groups -OCH3 is 1. The average molecular weight is 340 g/mol. The Bertz CT molecular complexity index is 946. The van der Waals surface area contributed by atoms with Crippen molar-refractivity contribution in [1.82, 2.24) is 20.3 Å². The molecule has 4 rings (SSSR count). The summed E-state index contributed by atoms with van der Waals surface area (Å²) in [5.74, 6) is 1.85. The first-order chi connectivity index (χ1) is 11.8. The predicted octanol–water partition coefficient (Wildman–Crippen LogP) is 3.66. The molecule has 0 aliphatic carbocycles. The average Bonchev–Trinajstić information content (AvgIpc) is 3.36. The first kappa shape index (κ1) is 14.7. The molecule has 3 aromatic heterocycles. The lowest BCUT2D eigenvalue weighted by molar-refractivity contribution is 0.160. The molecular weight excluding hydrogens is 328 g/mol. The highest BCUT2D eigenvalue weighted by atomic mass is 32.1. The summed E-state index contributed by atoms with van der Waals surface area (Å²) in [5, 5.41) is 15.9. The van der Waals surface area contributed by atoms with Crippen molar-refractivity contribution in [2.24, 2.45) is 0 Å². The fraction of sp³-hybridized carbons (Fsp3) is 0.125. The number of hydrogen-bond acceptors (Lipinski definition) is 8. The van der Waals surface area contributed by atoms with Gasteiger partial charge in [0.2, 0.25) is 17.6 Å². The molecule has 0 fully saturated rings. The molecule has 1 aromatic carbocycles. The third-order valence-electron chi connectivity index (χ3n) is 3.30. The third-order valence-corrected chi connectivity index (χ3v) is 3.98. The van der Waals surface area contributed by atoms with E-state index in [9.17, 15) is 0 Å². The van der Waals surface area contributed by atoms with Crippen LogP contribution in [0.3, 0.4) is 0 Å². The highest BCUT2D eigenvalue weighted by Gasteiger charge is 2.14. The van der Waals surface area contributed by atoms with Crippen LogP contribution in [-0.2, 0) is 11.3 Å². The number of aromatic nitrogens is 4. The number of thiophene rings is 1. The summed E-state index contributed by atoms with van der Waals surface area (Å²) in [6.45, 7) is 0.278. The summed E-state index contributed by atoms with van der Waals surface area (Å²) in [4.78, 5) is 4.43. The lowest BCUT2D eigenvalue weighted by Gasteiger charge is -1.97. The SMILES string of the molecule is COCc1nnc(-c2cccc(-c3nc(-c4ccsc4)no3)c2)o1. The van der Waals surface area contributed by atoms with E-state index in [1.54, 1.807) is 18.4 Å². The highest BCUT2D eigenvalue weighted by Crippen LogP contribution is 2.27. The summed E-state index contributed by atoms with van der Waals surface area (Å²) in [5.41, 5.74) is 2.50. The van der Waals surface area contributed by atoms with E-state index in [4.69, 9.17) is 13.7 Å². The van der Waals surface area contributed by atoms with Gasteiger partial charge in [0.15, 0.2) is 0 Å². The number of rotatable bonds is 5. The van der Waals surface area contributed by atoms with Crippen LogP contribution < -0.4 is 0 Å². The molecule has 0 radical (unpaired) electrons. The van der Waals surface area contributed by atoms with E-state index in [1.165, 1.54) is 0 Å². The maximum Gasteiger partial charge on any atom is 0.258 e. The normalized spacial score (nSPS) is 11.0. The summed E-state index contributed by atoms with van der Waals surface area (Å²) in [6, 6.07) is 9.46. The van der Waals surface area contributed by atoms with Gasteiger partial charge in [0, 0.05) is 29.2 Å². The van der Waals surface area contributed by atoms with Crippen molar-refractivity contribution in [2.45, 2.75) is 6.61 Å². The molecule has 0 bridgehead atoms. The minimum absolute atomic E-state index is 0.278. The lowest BCUT2D eigenvalue weighted by Crippen LogP contribution is -1.85. The van der Waals surface area contributed by atoms with E-state index < -0.39 is 0 Å². The van der Waals surface area contributed by atoms with E-state index >= 15 is 0 Å². The molecule has 8 heteroatoms. The van der Waals surface area contributed by atoms with Gasteiger partial charge < -0.3 is 13.7 Å². The minimum Gasteiger partial charge on any atom is -0.418 e. The van der Waals surface area contributed by atoms with Crippen LogP contribution in [0.1, 0.15) is 5.89 Å². The molecule has 0 saturated heterocycles. The Kier molecular flexibility index (Phi) is 3.89. The largest absolute Gasteiger partial charge is 0.418 e. The van der Waals surface area contributed by atoms with Gasteiger partial charge in [-0.05, 0) is 29.6 Å². The van der Waals surface area contributed by atoms with Crippen LogP contribution in [0.25, 0.3) is 34.3 Å². The van der Waals surface area contributed by atoms with Crippen LogP contribution >= 0.6 is 11.3 Å². The molecule has 4 aromatic rings. The van der Waals surface area contributed by atoms with Gasteiger partial charge in [-0.15, -0.1) is 10.2 Å². The van der Waals surface area contributed by atoms with Gasteiger partial charge in [-0.3, -0.25) is 0 Å². The van der Waals surface area contributed by atoms with Crippen LogP contribution in [0.5, 0.6) is 0 Å². The Morgan fingerprint density at radius 1 is 1.08 bits per heavy atom. The fourth-order valence-corrected chi connectivity index (χ4v) is 2.82. The zero-order chi connectivity index (χ0) is 16.4. The molecule has 0 aliphatic rings. The van der Waals surface area contributed by atoms with Gasteiger partial charge in [0.05, 0.1) is 0 Å². The fourth-order valence-electron chi connectivity index (χ4n) is 2.19. The van der Waals surface area contributed by atoms with E-state index in [2.05, 4.69) is 20.3 Å². The first-order valence-corrected chi connectivity index (χ1v) is 8.06. The van der Waals surface area contributed by atoms with E-state index in [0.717, 1.165) is 16.7 Å². The molecule has 0 atom stereocenters. The van der Waals surface area contributed by atoms with E-state index in [1.807, 2.05) is 41.1 Å². The van der Waals surface area contributed by atoms with Gasteiger partial charge in [-0.25, -0.2) is 0 Å². The molecule has 0 aliphatic heterocycles. The smallest absolute Gasteiger partial charge is 0.258 e. The van der Waals surface area contributed by atoms with Gasteiger partial charge in [0.25, 0.3) is 5.89 Å². The van der Waals surface area contributed by atoms with Crippen molar-refractivity contribution in [3.63, 3.8) is 0 Å². The second-order valence-corrected chi connectivity index (χ2v) is 5.73. The number of ether oxygens (including phenoxy) is 1. The molecule has 0 unspecified atom stereocenters. The maximum absolute atomic E-state index is 5.55. The Hall–Kier alpha value is -2.84. The summed E-state index contributed by atoms with van der Waals surface area (Å²) in [6.07, 6.45) is 0. The first-order valence-electron chi connectivity index (χ1n) is 7.12. The van der Waals surface area contributed by atoms with Crippen LogP contribution in [0, 0.1) is 0 Å². The maximum atomic E-state index is 5.55. The van der Waals surface area contributed by atoms with Crippen LogP contribution in [-0.4, -0.2) is 27.4 Å². The van der Waals surface area contributed by atoms with Crippen molar-refractivity contribution >= 4 is 11.3 Å². The summed E-state index contributed by atoms with van der Waals surface area (Å²) >= 11 is 1.59. The number of hydrogen-bond donors (Lipinski definition) is 0. The zero-order valence-electron chi connectivity index (χ0n) is 12.7. The molecular formula is C16H12N4O3S. The second-order valence-electron chi connectivity index (χ2n) is 4.95. The van der Waals surface area contributed by atoms with Crippen molar-refractivity contribution in [2.75, 3.05) is 7.11 Å². The molecule has 24 heavy (non-hydrogen) atoms. The van der Waals surface area contributed by atoms with Gasteiger partial charge in [0.1, 0.15) is 6.61 Å². The van der Waals surface area contributed by atoms with E-state index in [-0.39, 0.29) is 6.61 Å². The molecule has 0 saturated carbocycles. The number of benzene rings is 1. The van der Waals surface area contributed by atoms with Crippen LogP contribution in [0.15, 0.2) is 50.0 Å². The monoisotopic (exact) mass is 340 g/mol. The summed E-state index contributed by atoms with van der Waals surface area (Å²) in [7, 11) is 1.57. The molecule has 0 N–H and O–H groups in total. The Morgan fingerprint density at radius 3 is 2.75 bits per heavy atom. The van der Waals surface area contributed by atoms with Crippen molar-refractivity contribution in [3.05, 3.63) is 47.0 Å². The second kappa shape index (κ2) is 6.34. The quantitative estimate of drug-likeness (QED) is 0.548. The van der Waals surface area contributed by atoms with Crippen LogP contribution in [0.4, 0.5) is 0 Å². The Labute approximate surface area is 140 Å². The Morgan fingerprint density at radius 2 is 1.96 bits per heavy atom. The molecule has 0 spiro atoms. The van der Waals surface area contributed by atoms with Crippen molar-refractivity contribution in [1.29, 1.82) is 0 Å². The van der Waals surface area contributed by atoms with Crippen LogP contribution in [0.2, 0.25) is 0 Å².